The lowest BCUT2D eigenvalue weighted by Gasteiger charge is -2.25. The van der Waals surface area contributed by atoms with Crippen molar-refractivity contribution in [1.29, 1.82) is 0 Å². The van der Waals surface area contributed by atoms with Crippen molar-refractivity contribution in [2.24, 2.45) is 5.92 Å². The molecule has 0 bridgehead atoms. The summed E-state index contributed by atoms with van der Waals surface area (Å²) in [5, 5.41) is 41.6. The molecule has 0 unspecified atom stereocenters. The highest BCUT2D eigenvalue weighted by Gasteiger charge is 2.47. The van der Waals surface area contributed by atoms with E-state index in [0.29, 0.717) is 11.1 Å². The first kappa shape index (κ1) is 40.7. The number of hydrogen-bond donors (Lipinski definition) is 7. The van der Waals surface area contributed by atoms with Crippen molar-refractivity contribution in [3.8, 4) is 5.75 Å². The second-order valence-electron chi connectivity index (χ2n) is 13.9. The number of alkyl carbamates (subject to hydrolysis) is 1. The number of hydrogen-bond acceptors (Lipinski definition) is 11. The highest BCUT2D eigenvalue weighted by Crippen LogP contribution is 2.22. The third-order valence-electron chi connectivity index (χ3n) is 7.91. The van der Waals surface area contributed by atoms with E-state index in [4.69, 9.17) is 14.2 Å². The molecule has 1 aliphatic heterocycles. The minimum Gasteiger partial charge on any atom is -0.508 e. The Morgan fingerprint density at radius 3 is 1.96 bits per heavy atom. The predicted molar refractivity (Wildman–Crippen MR) is 184 cm³/mol. The predicted octanol–water partition coefficient (Wildman–Crippen LogP) is 0.865. The number of aliphatic hydroxyl groups is 2. The fraction of sp³-hybridized carbons (Fsp3) is 0.528. The Balaban J connectivity index is 1.71. The smallest absolute Gasteiger partial charge is 0.408 e. The van der Waals surface area contributed by atoms with Crippen LogP contribution in [0.25, 0.3) is 0 Å². The van der Waals surface area contributed by atoms with Gasteiger partial charge in [0.2, 0.25) is 11.8 Å². The first-order valence-electron chi connectivity index (χ1n) is 16.8. The van der Waals surface area contributed by atoms with Gasteiger partial charge in [0.25, 0.3) is 5.91 Å². The molecule has 2 aromatic rings. The number of phenols is 1. The summed E-state index contributed by atoms with van der Waals surface area (Å²) in [6, 6.07) is 11.6. The Morgan fingerprint density at radius 1 is 0.804 bits per heavy atom. The van der Waals surface area contributed by atoms with Crippen LogP contribution in [0.15, 0.2) is 54.6 Å². The maximum absolute atomic E-state index is 13.5. The second-order valence-corrected chi connectivity index (χ2v) is 13.9. The van der Waals surface area contributed by atoms with Gasteiger partial charge in [0.15, 0.2) is 6.10 Å². The van der Waals surface area contributed by atoms with Crippen molar-refractivity contribution in [2.75, 3.05) is 13.7 Å². The molecule has 2 aromatic carbocycles. The number of rotatable bonds is 15. The maximum atomic E-state index is 13.5. The first-order valence-corrected chi connectivity index (χ1v) is 16.8. The molecule has 1 heterocycles. The fourth-order valence-corrected chi connectivity index (χ4v) is 5.40. The van der Waals surface area contributed by atoms with E-state index in [1.807, 2.05) is 13.8 Å². The van der Waals surface area contributed by atoms with Crippen LogP contribution < -0.4 is 21.3 Å². The van der Waals surface area contributed by atoms with Crippen LogP contribution in [0, 0.1) is 5.92 Å². The highest BCUT2D eigenvalue weighted by molar-refractivity contribution is 5.92. The van der Waals surface area contributed by atoms with E-state index in [1.165, 1.54) is 19.2 Å². The molecule has 1 saturated heterocycles. The van der Waals surface area contributed by atoms with Gasteiger partial charge in [-0.1, -0.05) is 56.3 Å². The molecule has 7 atom stereocenters. The van der Waals surface area contributed by atoms with Gasteiger partial charge in [-0.2, -0.15) is 0 Å². The Kier molecular flexibility index (Phi) is 14.8. The molecule has 0 spiro atoms. The van der Waals surface area contributed by atoms with Crippen LogP contribution in [0.3, 0.4) is 0 Å². The van der Waals surface area contributed by atoms with Gasteiger partial charge >= 0.3 is 12.1 Å². The number of esters is 1. The van der Waals surface area contributed by atoms with Gasteiger partial charge in [0, 0.05) is 19.4 Å². The third kappa shape index (κ3) is 12.8. The zero-order valence-electron chi connectivity index (χ0n) is 29.8. The van der Waals surface area contributed by atoms with Crippen LogP contribution >= 0.6 is 0 Å². The SMILES string of the molecule is COC(=O)[C@H](CC(C)C)NC(=O)[C@H](Cc1ccccc1)NC(=O)[C@@H]1O[C@H](CNC(=O)[C@H](Cc2ccc(O)cc2)NC(=O)OC(C)(C)C)[C@@H](O)[C@@H]1O. The van der Waals surface area contributed by atoms with Gasteiger partial charge in [0.1, 0.15) is 47.8 Å². The van der Waals surface area contributed by atoms with Crippen LogP contribution in [-0.4, -0.2) is 107 Å². The van der Waals surface area contributed by atoms with Crippen molar-refractivity contribution in [3.63, 3.8) is 0 Å². The van der Waals surface area contributed by atoms with Crippen LogP contribution in [0.5, 0.6) is 5.75 Å². The van der Waals surface area contributed by atoms with E-state index in [2.05, 4.69) is 21.3 Å². The normalized spacial score (nSPS) is 20.4. The van der Waals surface area contributed by atoms with Crippen molar-refractivity contribution >= 4 is 29.8 Å². The number of aliphatic hydroxyl groups excluding tert-OH is 2. The summed E-state index contributed by atoms with van der Waals surface area (Å²) in [4.78, 5) is 65.2. The average Bonchev–Trinajstić information content (AvgIpc) is 3.35. The number of phenolic OH excluding ortho intramolecular Hbond substituents is 1. The van der Waals surface area contributed by atoms with E-state index in [9.17, 15) is 39.3 Å². The number of aromatic hydroxyl groups is 1. The number of nitrogens with one attached hydrogen (secondary N) is 4. The number of benzene rings is 2. The molecule has 3 rings (SSSR count). The minimum absolute atomic E-state index is 0.0198. The minimum atomic E-state index is -1.72. The lowest BCUT2D eigenvalue weighted by atomic mass is 10.0. The summed E-state index contributed by atoms with van der Waals surface area (Å²) in [7, 11) is 1.21. The molecular formula is C36H50N4O11. The molecule has 0 radical (unpaired) electrons. The summed E-state index contributed by atoms with van der Waals surface area (Å²) in [6.07, 6.45) is -6.69. The van der Waals surface area contributed by atoms with Crippen molar-refractivity contribution in [1.82, 2.24) is 21.3 Å². The van der Waals surface area contributed by atoms with Crippen LogP contribution in [0.4, 0.5) is 4.79 Å². The number of carbonyl (C=O) groups is 5. The average molecular weight is 715 g/mol. The van der Waals surface area contributed by atoms with Gasteiger partial charge in [-0.25, -0.2) is 9.59 Å². The lowest BCUT2D eigenvalue weighted by molar-refractivity contribution is -0.146. The Morgan fingerprint density at radius 2 is 1.39 bits per heavy atom. The van der Waals surface area contributed by atoms with Gasteiger partial charge in [-0.3, -0.25) is 14.4 Å². The molecule has 0 aromatic heterocycles. The molecule has 15 heteroatoms. The summed E-state index contributed by atoms with van der Waals surface area (Å²) in [6.45, 7) is 8.40. The van der Waals surface area contributed by atoms with Gasteiger partial charge in [-0.15, -0.1) is 0 Å². The molecule has 51 heavy (non-hydrogen) atoms. The summed E-state index contributed by atoms with van der Waals surface area (Å²) < 4.78 is 15.9. The summed E-state index contributed by atoms with van der Waals surface area (Å²) >= 11 is 0. The molecule has 280 valence electrons. The van der Waals surface area contributed by atoms with Crippen molar-refractivity contribution < 1.29 is 53.5 Å². The third-order valence-corrected chi connectivity index (χ3v) is 7.91. The second kappa shape index (κ2) is 18.5. The molecular weight excluding hydrogens is 664 g/mol. The zero-order valence-corrected chi connectivity index (χ0v) is 29.8. The molecule has 0 aliphatic carbocycles. The lowest BCUT2D eigenvalue weighted by Crippen LogP contribution is -2.55. The van der Waals surface area contributed by atoms with Crippen molar-refractivity contribution in [2.45, 2.75) is 102 Å². The molecule has 7 N–H and O–H groups in total. The van der Waals surface area contributed by atoms with Crippen molar-refractivity contribution in [3.05, 3.63) is 65.7 Å². The molecule has 1 fully saturated rings. The Bertz CT molecular complexity index is 1480. The Hall–Kier alpha value is -4.73. The highest BCUT2D eigenvalue weighted by atomic mass is 16.6. The van der Waals surface area contributed by atoms with Gasteiger partial charge < -0.3 is 50.8 Å². The molecule has 4 amide bonds. The standard InChI is InChI=1S/C36H50N4O11/c1-20(2)16-26(34(47)49-6)39-32(45)25(17-21-10-8-7-9-11-21)38-33(46)30-29(43)28(42)27(50-30)19-37-31(44)24(40-35(48)51-36(3,4)5)18-22-12-14-23(41)15-13-22/h7-15,20,24-30,41-43H,16-19H2,1-6H3,(H,37,44)(H,38,46)(H,39,45)(H,40,48)/t24-,25-,26-,27+,28+,29-,30+/m0/s1. The fourth-order valence-electron chi connectivity index (χ4n) is 5.40. The Labute approximate surface area is 297 Å². The van der Waals surface area contributed by atoms with E-state index < -0.39 is 77.9 Å². The van der Waals surface area contributed by atoms with Gasteiger partial charge in [-0.05, 0) is 56.4 Å². The monoisotopic (exact) mass is 714 g/mol. The number of ether oxygens (including phenoxy) is 3. The molecule has 0 saturated carbocycles. The van der Waals surface area contributed by atoms with E-state index in [1.54, 1.807) is 63.2 Å². The first-order chi connectivity index (χ1) is 24.0. The quantitative estimate of drug-likeness (QED) is 0.128. The topological polar surface area (TPSA) is 222 Å². The number of amides is 4. The van der Waals surface area contributed by atoms with Gasteiger partial charge in [0.05, 0.1) is 7.11 Å². The number of methoxy groups -OCH3 is 1. The largest absolute Gasteiger partial charge is 0.508 e. The maximum Gasteiger partial charge on any atom is 0.408 e. The van der Waals surface area contributed by atoms with Crippen LogP contribution in [-0.2, 0) is 46.2 Å². The van der Waals surface area contributed by atoms with Crippen LogP contribution in [0.1, 0.15) is 52.2 Å². The summed E-state index contributed by atoms with van der Waals surface area (Å²) in [5.41, 5.74) is 0.478. The molecule has 15 nitrogen and oxygen atoms in total. The number of carbonyl (C=O) groups excluding carboxylic acids is 5. The molecule has 1 aliphatic rings. The van der Waals surface area contributed by atoms with E-state index >= 15 is 0 Å². The van der Waals surface area contributed by atoms with E-state index in [0.717, 1.165) is 0 Å². The summed E-state index contributed by atoms with van der Waals surface area (Å²) in [5.74, 6) is -2.83. The van der Waals surface area contributed by atoms with Crippen LogP contribution in [0.2, 0.25) is 0 Å². The zero-order chi connectivity index (χ0) is 37.9. The van der Waals surface area contributed by atoms with E-state index in [-0.39, 0.29) is 37.5 Å².